The fourth-order valence-corrected chi connectivity index (χ4v) is 3.99. The summed E-state index contributed by atoms with van der Waals surface area (Å²) in [5.74, 6) is 0.704. The molecule has 0 bridgehead atoms. The maximum Gasteiger partial charge on any atom is 0.173 e. The van der Waals surface area contributed by atoms with Gasteiger partial charge in [0.15, 0.2) is 5.11 Å². The number of likely N-dealkylation sites (tertiary alicyclic amines) is 1. The molecule has 2 aromatic rings. The van der Waals surface area contributed by atoms with Crippen molar-refractivity contribution < 1.29 is 0 Å². The predicted molar refractivity (Wildman–Crippen MR) is 112 cm³/mol. The van der Waals surface area contributed by atoms with E-state index in [1.807, 2.05) is 0 Å². The molecule has 2 aromatic carbocycles. The molecule has 1 aliphatic heterocycles. The molecule has 1 aliphatic rings. The number of nitrogens with one attached hydrogen (secondary N) is 1. The second-order valence-electron chi connectivity index (χ2n) is 6.30. The highest BCUT2D eigenvalue weighted by Crippen LogP contribution is 2.32. The Morgan fingerprint density at radius 3 is 2.32 bits per heavy atom. The van der Waals surface area contributed by atoms with E-state index in [4.69, 9.17) is 47.0 Å². The Bertz CT molecular complexity index is 744. The van der Waals surface area contributed by atoms with Crippen LogP contribution in [0.2, 0.25) is 15.1 Å². The highest BCUT2D eigenvalue weighted by Gasteiger charge is 2.21. The average Bonchev–Trinajstić information content (AvgIpc) is 2.61. The topological polar surface area (TPSA) is 15.3 Å². The summed E-state index contributed by atoms with van der Waals surface area (Å²) in [6, 6.07) is 14.0. The van der Waals surface area contributed by atoms with Gasteiger partial charge in [0.25, 0.3) is 0 Å². The third-order valence-electron chi connectivity index (χ3n) is 4.52. The number of piperidine rings is 1. The van der Waals surface area contributed by atoms with Crippen LogP contribution in [-0.2, 0) is 6.42 Å². The molecule has 0 aliphatic carbocycles. The Hall–Kier alpha value is -1.00. The van der Waals surface area contributed by atoms with Crippen LogP contribution in [0, 0.1) is 5.92 Å². The van der Waals surface area contributed by atoms with Gasteiger partial charge in [-0.25, -0.2) is 0 Å². The van der Waals surface area contributed by atoms with Crippen LogP contribution in [-0.4, -0.2) is 23.1 Å². The molecule has 132 valence electrons. The van der Waals surface area contributed by atoms with E-state index in [-0.39, 0.29) is 0 Å². The molecule has 25 heavy (non-hydrogen) atoms. The minimum absolute atomic E-state index is 0.435. The molecule has 1 heterocycles. The van der Waals surface area contributed by atoms with E-state index in [1.54, 1.807) is 12.1 Å². The maximum absolute atomic E-state index is 6.21. The first-order chi connectivity index (χ1) is 12.0. The summed E-state index contributed by atoms with van der Waals surface area (Å²) >= 11 is 23.8. The van der Waals surface area contributed by atoms with Crippen molar-refractivity contribution in [1.82, 2.24) is 4.90 Å². The van der Waals surface area contributed by atoms with E-state index in [0.29, 0.717) is 31.8 Å². The molecule has 0 aromatic heterocycles. The molecule has 0 amide bonds. The Balaban J connectivity index is 1.54. The number of hydrogen-bond donors (Lipinski definition) is 1. The van der Waals surface area contributed by atoms with Gasteiger partial charge < -0.3 is 10.2 Å². The number of rotatable bonds is 3. The van der Waals surface area contributed by atoms with Crippen molar-refractivity contribution in [2.45, 2.75) is 19.3 Å². The van der Waals surface area contributed by atoms with Crippen molar-refractivity contribution in [2.24, 2.45) is 5.92 Å². The van der Waals surface area contributed by atoms with Gasteiger partial charge in [-0.3, -0.25) is 0 Å². The monoisotopic (exact) mass is 412 g/mol. The van der Waals surface area contributed by atoms with Crippen molar-refractivity contribution in [2.75, 3.05) is 18.4 Å². The van der Waals surface area contributed by atoms with E-state index in [1.165, 1.54) is 5.56 Å². The lowest BCUT2D eigenvalue weighted by Gasteiger charge is -2.34. The molecule has 6 heteroatoms. The molecule has 0 spiro atoms. The molecule has 0 saturated carbocycles. The molecular weight excluding hydrogens is 395 g/mol. The lowest BCUT2D eigenvalue weighted by atomic mass is 9.90. The van der Waals surface area contributed by atoms with Crippen molar-refractivity contribution in [3.8, 4) is 0 Å². The Morgan fingerprint density at radius 2 is 1.64 bits per heavy atom. The van der Waals surface area contributed by atoms with Gasteiger partial charge in [-0.1, -0.05) is 65.1 Å². The van der Waals surface area contributed by atoms with E-state index in [9.17, 15) is 0 Å². The normalized spacial score (nSPS) is 15.2. The zero-order chi connectivity index (χ0) is 17.8. The summed E-state index contributed by atoms with van der Waals surface area (Å²) in [6.45, 7) is 1.89. The quantitative estimate of drug-likeness (QED) is 0.469. The lowest BCUT2D eigenvalue weighted by molar-refractivity contribution is 0.268. The van der Waals surface area contributed by atoms with Crippen LogP contribution in [0.4, 0.5) is 5.69 Å². The molecule has 0 radical (unpaired) electrons. The molecule has 0 atom stereocenters. The fraction of sp³-hybridized carbons (Fsp3) is 0.316. The molecule has 3 rings (SSSR count). The Labute approximate surface area is 169 Å². The van der Waals surface area contributed by atoms with Gasteiger partial charge in [0.2, 0.25) is 0 Å². The third-order valence-corrected chi connectivity index (χ3v) is 5.92. The molecule has 1 fully saturated rings. The van der Waals surface area contributed by atoms with Crippen molar-refractivity contribution >= 4 is 57.8 Å². The largest absolute Gasteiger partial charge is 0.349 e. The van der Waals surface area contributed by atoms with Gasteiger partial charge >= 0.3 is 0 Å². The summed E-state index contributed by atoms with van der Waals surface area (Å²) in [5, 5.41) is 5.28. The van der Waals surface area contributed by atoms with E-state index in [2.05, 4.69) is 40.5 Å². The Morgan fingerprint density at radius 1 is 1.00 bits per heavy atom. The summed E-state index contributed by atoms with van der Waals surface area (Å²) in [4.78, 5) is 2.19. The zero-order valence-electron chi connectivity index (χ0n) is 13.6. The molecule has 1 N–H and O–H groups in total. The molecule has 1 saturated heterocycles. The van der Waals surface area contributed by atoms with Crippen LogP contribution < -0.4 is 5.32 Å². The number of halogens is 3. The second kappa shape index (κ2) is 8.59. The average molecular weight is 414 g/mol. The SMILES string of the molecule is S=C(Nc1cc(Cl)c(Cl)cc1Cl)N1CCC(Cc2ccccc2)CC1. The van der Waals surface area contributed by atoms with E-state index >= 15 is 0 Å². The van der Waals surface area contributed by atoms with Gasteiger partial charge in [-0.15, -0.1) is 0 Å². The number of anilines is 1. The standard InChI is InChI=1S/C19H19Cl3N2S/c20-15-11-17(22)18(12-16(15)21)23-19(25)24-8-6-14(7-9-24)10-13-4-2-1-3-5-13/h1-5,11-12,14H,6-10H2,(H,23,25). The maximum atomic E-state index is 6.21. The number of nitrogens with zero attached hydrogens (tertiary/aromatic N) is 1. The number of thiocarbonyl (C=S) groups is 1. The fourth-order valence-electron chi connectivity index (χ4n) is 3.10. The van der Waals surface area contributed by atoms with Crippen molar-refractivity contribution in [1.29, 1.82) is 0 Å². The first-order valence-electron chi connectivity index (χ1n) is 8.27. The first kappa shape index (κ1) is 18.8. The smallest absolute Gasteiger partial charge is 0.173 e. The summed E-state index contributed by atoms with van der Waals surface area (Å²) in [6.07, 6.45) is 3.39. The molecule has 0 unspecified atom stereocenters. The van der Waals surface area contributed by atoms with Crippen molar-refractivity contribution in [3.63, 3.8) is 0 Å². The van der Waals surface area contributed by atoms with Gasteiger partial charge in [0.05, 0.1) is 20.8 Å². The highest BCUT2D eigenvalue weighted by atomic mass is 35.5. The van der Waals surface area contributed by atoms with Crippen LogP contribution in [0.1, 0.15) is 18.4 Å². The Kier molecular flexibility index (Phi) is 6.45. The van der Waals surface area contributed by atoms with E-state index in [0.717, 1.165) is 32.4 Å². The van der Waals surface area contributed by atoms with Gasteiger partial charge in [0.1, 0.15) is 0 Å². The van der Waals surface area contributed by atoms with Gasteiger partial charge in [-0.05, 0) is 55.1 Å². The van der Waals surface area contributed by atoms with Crippen LogP contribution in [0.25, 0.3) is 0 Å². The van der Waals surface area contributed by atoms with Crippen LogP contribution in [0.5, 0.6) is 0 Å². The minimum Gasteiger partial charge on any atom is -0.349 e. The van der Waals surface area contributed by atoms with Crippen LogP contribution in [0.3, 0.4) is 0 Å². The third kappa shape index (κ3) is 5.01. The second-order valence-corrected chi connectivity index (χ2v) is 7.90. The zero-order valence-corrected chi connectivity index (χ0v) is 16.7. The first-order valence-corrected chi connectivity index (χ1v) is 9.81. The number of benzene rings is 2. The van der Waals surface area contributed by atoms with Crippen LogP contribution in [0.15, 0.2) is 42.5 Å². The lowest BCUT2D eigenvalue weighted by Crippen LogP contribution is -2.41. The molecule has 2 nitrogen and oxygen atoms in total. The van der Waals surface area contributed by atoms with Crippen LogP contribution >= 0.6 is 47.0 Å². The number of hydrogen-bond acceptors (Lipinski definition) is 1. The summed E-state index contributed by atoms with van der Waals surface area (Å²) < 4.78 is 0. The summed E-state index contributed by atoms with van der Waals surface area (Å²) in [5.41, 5.74) is 2.09. The highest BCUT2D eigenvalue weighted by molar-refractivity contribution is 7.80. The van der Waals surface area contributed by atoms with E-state index < -0.39 is 0 Å². The minimum atomic E-state index is 0.435. The summed E-state index contributed by atoms with van der Waals surface area (Å²) in [7, 11) is 0. The van der Waals surface area contributed by atoms with Gasteiger partial charge in [-0.2, -0.15) is 0 Å². The van der Waals surface area contributed by atoms with Gasteiger partial charge in [0, 0.05) is 13.1 Å². The molecular formula is C19H19Cl3N2S. The predicted octanol–water partition coefficient (Wildman–Crippen LogP) is 6.30. The van der Waals surface area contributed by atoms with Crippen molar-refractivity contribution in [3.05, 3.63) is 63.1 Å².